The van der Waals surface area contributed by atoms with Crippen molar-refractivity contribution in [1.82, 2.24) is 5.32 Å². The van der Waals surface area contributed by atoms with Gasteiger partial charge in [0.1, 0.15) is 0 Å². The molecule has 1 aliphatic rings. The molecule has 0 spiro atoms. The average molecular weight is 308 g/mol. The summed E-state index contributed by atoms with van der Waals surface area (Å²) in [5, 5.41) is 13.0. The average Bonchev–Trinajstić information content (AvgIpc) is 2.51. The molecule has 1 aliphatic carbocycles. The van der Waals surface area contributed by atoms with Gasteiger partial charge in [0.15, 0.2) is 0 Å². The summed E-state index contributed by atoms with van der Waals surface area (Å²) in [5.74, 6) is 0.625. The maximum Gasteiger partial charge on any atom is 0.244 e. The first-order valence-electron chi connectivity index (χ1n) is 7.51. The quantitative estimate of drug-likeness (QED) is 0.820. The summed E-state index contributed by atoms with van der Waals surface area (Å²) in [6.45, 7) is 0.864. The van der Waals surface area contributed by atoms with E-state index in [1.54, 1.807) is 12.1 Å². The van der Waals surface area contributed by atoms with Crippen molar-refractivity contribution in [2.45, 2.75) is 25.7 Å². The molecular weight excluding hydrogens is 286 g/mol. The van der Waals surface area contributed by atoms with Crippen molar-refractivity contribution in [2.24, 2.45) is 11.8 Å². The van der Waals surface area contributed by atoms with Gasteiger partial charge < -0.3 is 10.4 Å². The molecule has 3 nitrogen and oxygen atoms in total. The van der Waals surface area contributed by atoms with Gasteiger partial charge in [-0.05, 0) is 48.4 Å². The fraction of sp³-hybridized carbons (Fsp3) is 0.471. The van der Waals surface area contributed by atoms with E-state index in [0.717, 1.165) is 18.4 Å². The standard InChI is InChI=1S/C17H22ClNO2/c18-16-7-3-4-13(10-16)8-9-17(21)19-11-14-5-1-2-6-15(14)12-20/h3-4,7-10,14-15,20H,1-2,5-6,11-12H2,(H,19,21). The molecule has 0 aliphatic heterocycles. The van der Waals surface area contributed by atoms with Crippen LogP contribution in [0.5, 0.6) is 0 Å². The van der Waals surface area contributed by atoms with Crippen molar-refractivity contribution >= 4 is 23.6 Å². The summed E-state index contributed by atoms with van der Waals surface area (Å²) in [6, 6.07) is 7.37. The molecule has 0 saturated heterocycles. The molecule has 1 fully saturated rings. The Morgan fingerprint density at radius 3 is 2.81 bits per heavy atom. The lowest BCUT2D eigenvalue weighted by Crippen LogP contribution is -2.34. The molecule has 2 atom stereocenters. The summed E-state index contributed by atoms with van der Waals surface area (Å²) >= 11 is 5.90. The van der Waals surface area contributed by atoms with E-state index in [4.69, 9.17) is 11.6 Å². The summed E-state index contributed by atoms with van der Waals surface area (Å²) in [6.07, 6.45) is 7.81. The van der Waals surface area contributed by atoms with Crippen LogP contribution in [0, 0.1) is 11.8 Å². The van der Waals surface area contributed by atoms with Crippen molar-refractivity contribution in [3.05, 3.63) is 40.9 Å². The first-order chi connectivity index (χ1) is 10.2. The molecule has 2 rings (SSSR count). The van der Waals surface area contributed by atoms with Crippen LogP contribution in [0.3, 0.4) is 0 Å². The molecule has 4 heteroatoms. The zero-order chi connectivity index (χ0) is 15.1. The number of nitrogens with one attached hydrogen (secondary N) is 1. The molecule has 0 heterocycles. The molecule has 1 aromatic carbocycles. The summed E-state index contributed by atoms with van der Waals surface area (Å²) in [7, 11) is 0. The Hall–Kier alpha value is -1.32. The van der Waals surface area contributed by atoms with Crippen LogP contribution in [0.2, 0.25) is 5.02 Å². The highest BCUT2D eigenvalue weighted by Gasteiger charge is 2.24. The molecule has 2 unspecified atom stereocenters. The van der Waals surface area contributed by atoms with Gasteiger partial charge in [0.05, 0.1) is 0 Å². The number of hydrogen-bond acceptors (Lipinski definition) is 2. The lowest BCUT2D eigenvalue weighted by molar-refractivity contribution is -0.116. The second-order valence-electron chi connectivity index (χ2n) is 5.62. The Morgan fingerprint density at radius 1 is 1.33 bits per heavy atom. The lowest BCUT2D eigenvalue weighted by atomic mass is 9.79. The third-order valence-electron chi connectivity index (χ3n) is 4.12. The van der Waals surface area contributed by atoms with Crippen molar-refractivity contribution in [3.8, 4) is 0 Å². The first-order valence-corrected chi connectivity index (χ1v) is 7.89. The van der Waals surface area contributed by atoms with Gasteiger partial charge in [-0.1, -0.05) is 36.6 Å². The molecule has 114 valence electrons. The monoisotopic (exact) mass is 307 g/mol. The van der Waals surface area contributed by atoms with Gasteiger partial charge >= 0.3 is 0 Å². The van der Waals surface area contributed by atoms with Gasteiger partial charge in [-0.2, -0.15) is 0 Å². The maximum atomic E-state index is 11.8. The van der Waals surface area contributed by atoms with Crippen molar-refractivity contribution in [1.29, 1.82) is 0 Å². The van der Waals surface area contributed by atoms with E-state index in [2.05, 4.69) is 5.32 Å². The van der Waals surface area contributed by atoms with Crippen LogP contribution < -0.4 is 5.32 Å². The van der Waals surface area contributed by atoms with E-state index < -0.39 is 0 Å². The number of carbonyl (C=O) groups excluding carboxylic acids is 1. The van der Waals surface area contributed by atoms with Crippen LogP contribution in [0.1, 0.15) is 31.2 Å². The fourth-order valence-electron chi connectivity index (χ4n) is 2.87. The van der Waals surface area contributed by atoms with E-state index in [9.17, 15) is 9.90 Å². The Bertz CT molecular complexity index is 501. The smallest absolute Gasteiger partial charge is 0.244 e. The second kappa shape index (κ2) is 8.20. The highest BCUT2D eigenvalue weighted by Crippen LogP contribution is 2.29. The van der Waals surface area contributed by atoms with E-state index in [1.165, 1.54) is 18.9 Å². The number of aliphatic hydroxyl groups excluding tert-OH is 1. The number of halogens is 1. The van der Waals surface area contributed by atoms with Crippen LogP contribution in [-0.4, -0.2) is 24.2 Å². The molecule has 1 aromatic rings. The zero-order valence-corrected chi connectivity index (χ0v) is 12.9. The number of carbonyl (C=O) groups is 1. The minimum absolute atomic E-state index is 0.0998. The van der Waals surface area contributed by atoms with E-state index in [0.29, 0.717) is 23.4 Å². The highest BCUT2D eigenvalue weighted by atomic mass is 35.5. The molecule has 21 heavy (non-hydrogen) atoms. The van der Waals surface area contributed by atoms with Crippen LogP contribution in [0.4, 0.5) is 0 Å². The molecule has 2 N–H and O–H groups in total. The number of amides is 1. The zero-order valence-electron chi connectivity index (χ0n) is 12.1. The molecule has 1 amide bonds. The predicted octanol–water partition coefficient (Wildman–Crippen LogP) is 3.27. The number of aliphatic hydroxyl groups is 1. The summed E-state index contributed by atoms with van der Waals surface area (Å²) in [5.41, 5.74) is 0.906. The van der Waals surface area contributed by atoms with E-state index in [-0.39, 0.29) is 12.5 Å². The van der Waals surface area contributed by atoms with Gasteiger partial charge in [0, 0.05) is 24.3 Å². The Labute approximate surface area is 131 Å². The largest absolute Gasteiger partial charge is 0.396 e. The molecule has 0 radical (unpaired) electrons. The third kappa shape index (κ3) is 5.18. The van der Waals surface area contributed by atoms with Gasteiger partial charge in [-0.25, -0.2) is 0 Å². The normalized spacial score (nSPS) is 22.4. The second-order valence-corrected chi connectivity index (χ2v) is 6.06. The minimum atomic E-state index is -0.0998. The van der Waals surface area contributed by atoms with Gasteiger partial charge in [0.2, 0.25) is 5.91 Å². The van der Waals surface area contributed by atoms with Crippen molar-refractivity contribution < 1.29 is 9.90 Å². The van der Waals surface area contributed by atoms with Gasteiger partial charge in [-0.3, -0.25) is 4.79 Å². The maximum absolute atomic E-state index is 11.8. The number of hydrogen-bond donors (Lipinski definition) is 2. The third-order valence-corrected chi connectivity index (χ3v) is 4.35. The number of rotatable bonds is 5. The lowest BCUT2D eigenvalue weighted by Gasteiger charge is -2.30. The Morgan fingerprint density at radius 2 is 2.10 bits per heavy atom. The summed E-state index contributed by atoms with van der Waals surface area (Å²) < 4.78 is 0. The first kappa shape index (κ1) is 16.1. The SMILES string of the molecule is O=C(C=Cc1cccc(Cl)c1)NCC1CCCCC1CO. The van der Waals surface area contributed by atoms with Gasteiger partial charge in [0.25, 0.3) is 0 Å². The molecule has 0 bridgehead atoms. The Kier molecular flexibility index (Phi) is 6.27. The molecule has 1 saturated carbocycles. The van der Waals surface area contributed by atoms with Crippen LogP contribution >= 0.6 is 11.6 Å². The van der Waals surface area contributed by atoms with E-state index >= 15 is 0 Å². The van der Waals surface area contributed by atoms with Crippen LogP contribution in [0.25, 0.3) is 6.08 Å². The molecule has 0 aromatic heterocycles. The van der Waals surface area contributed by atoms with Crippen molar-refractivity contribution in [3.63, 3.8) is 0 Å². The van der Waals surface area contributed by atoms with Crippen LogP contribution in [-0.2, 0) is 4.79 Å². The van der Waals surface area contributed by atoms with Crippen molar-refractivity contribution in [2.75, 3.05) is 13.2 Å². The van der Waals surface area contributed by atoms with Crippen LogP contribution in [0.15, 0.2) is 30.3 Å². The van der Waals surface area contributed by atoms with E-state index in [1.807, 2.05) is 18.2 Å². The number of benzene rings is 1. The minimum Gasteiger partial charge on any atom is -0.396 e. The topological polar surface area (TPSA) is 49.3 Å². The highest BCUT2D eigenvalue weighted by molar-refractivity contribution is 6.30. The Balaban J connectivity index is 1.81. The molecular formula is C17H22ClNO2. The summed E-state index contributed by atoms with van der Waals surface area (Å²) in [4.78, 5) is 11.8. The fourth-order valence-corrected chi connectivity index (χ4v) is 3.07. The van der Waals surface area contributed by atoms with Gasteiger partial charge in [-0.15, -0.1) is 0 Å². The predicted molar refractivity (Wildman–Crippen MR) is 86.0 cm³/mol.